The highest BCUT2D eigenvalue weighted by molar-refractivity contribution is 5.91. The summed E-state index contributed by atoms with van der Waals surface area (Å²) in [6, 6.07) is -0.845. The normalized spacial score (nSPS) is 26.9. The average Bonchev–Trinajstić information content (AvgIpc) is 3.28. The van der Waals surface area contributed by atoms with Crippen molar-refractivity contribution in [3.05, 3.63) is 23.7 Å². The van der Waals surface area contributed by atoms with E-state index in [1.165, 1.54) is 25.2 Å². The average molecular weight is 543 g/mol. The molecule has 4 fully saturated rings. The second-order valence-electron chi connectivity index (χ2n) is 9.71. The first-order chi connectivity index (χ1) is 17.9. The Kier molecular flexibility index (Phi) is 11.5. The van der Waals surface area contributed by atoms with Gasteiger partial charge in [0.1, 0.15) is 36.7 Å². The Hall–Kier alpha value is -3.20. The molecular weight excluding hydrogens is 504 g/mol. The zero-order valence-electron chi connectivity index (χ0n) is 22.1. The first kappa shape index (κ1) is 31.0. The lowest BCUT2D eigenvalue weighted by atomic mass is 10.1. The third-order valence-electron chi connectivity index (χ3n) is 6.01. The Balaban J connectivity index is 0.000000204. The van der Waals surface area contributed by atoms with Crippen molar-refractivity contribution in [2.75, 3.05) is 26.3 Å². The Morgan fingerprint density at radius 2 is 1.18 bits per heavy atom. The monoisotopic (exact) mass is 542 g/mol. The van der Waals surface area contributed by atoms with Crippen LogP contribution in [0.2, 0.25) is 0 Å². The molecule has 214 valence electrons. The minimum absolute atomic E-state index is 0.0864. The van der Waals surface area contributed by atoms with Crippen LogP contribution in [0.3, 0.4) is 0 Å². The summed E-state index contributed by atoms with van der Waals surface area (Å²) in [4.78, 5) is 45.7. The summed E-state index contributed by atoms with van der Waals surface area (Å²) in [6.45, 7) is 10.8. The predicted molar refractivity (Wildman–Crippen MR) is 124 cm³/mol. The Labute approximate surface area is 220 Å². The third-order valence-corrected chi connectivity index (χ3v) is 6.01. The summed E-state index contributed by atoms with van der Waals surface area (Å²) >= 11 is 0. The summed E-state index contributed by atoms with van der Waals surface area (Å²) in [6.07, 6.45) is 1.84. The first-order valence-electron chi connectivity index (χ1n) is 12.6. The van der Waals surface area contributed by atoms with Crippen molar-refractivity contribution in [1.29, 1.82) is 0 Å². The number of hydrogen-bond donors (Lipinski definition) is 4. The number of β-lactam (4-membered cyclic amide) rings is 2. The second kappa shape index (κ2) is 14.1. The molecule has 4 saturated heterocycles. The maximum Gasteiger partial charge on any atom is 0.232 e. The predicted octanol–water partition coefficient (Wildman–Crippen LogP) is -5.93. The molecule has 4 rings (SSSR count). The zero-order chi connectivity index (χ0) is 28.6. The zero-order valence-corrected chi connectivity index (χ0v) is 22.1. The van der Waals surface area contributed by atoms with Gasteiger partial charge in [-0.1, -0.05) is 0 Å². The molecule has 0 aliphatic carbocycles. The van der Waals surface area contributed by atoms with Gasteiger partial charge < -0.3 is 50.1 Å². The topological polar surface area (TPSA) is 213 Å². The van der Waals surface area contributed by atoms with E-state index < -0.39 is 36.5 Å². The summed E-state index contributed by atoms with van der Waals surface area (Å²) in [7, 11) is 0. The molecule has 0 radical (unpaired) electrons. The highest BCUT2D eigenvalue weighted by Crippen LogP contribution is 2.36. The number of quaternary nitrogens is 2. The molecule has 4 unspecified atom stereocenters. The van der Waals surface area contributed by atoms with Gasteiger partial charge in [0.25, 0.3) is 0 Å². The van der Waals surface area contributed by atoms with Crippen LogP contribution in [0.4, 0.5) is 0 Å². The van der Waals surface area contributed by atoms with Crippen LogP contribution in [-0.4, -0.2) is 107 Å². The molecule has 14 nitrogen and oxygen atoms in total. The van der Waals surface area contributed by atoms with E-state index in [0.717, 1.165) is 21.9 Å². The number of ether oxygens (including phenoxy) is 2. The molecule has 0 aromatic heterocycles. The van der Waals surface area contributed by atoms with Gasteiger partial charge in [0, 0.05) is 0 Å². The van der Waals surface area contributed by atoms with Crippen LogP contribution in [0.15, 0.2) is 23.7 Å². The molecule has 4 atom stereocenters. The molecule has 0 aromatic carbocycles. The van der Waals surface area contributed by atoms with Crippen molar-refractivity contribution in [1.82, 2.24) is 9.80 Å². The lowest BCUT2D eigenvalue weighted by molar-refractivity contribution is -0.748. The highest BCUT2D eigenvalue weighted by atomic mass is 16.5. The fraction of sp³-hybridized carbons (Fsp3) is 0.667. The summed E-state index contributed by atoms with van der Waals surface area (Å²) in [5, 5.41) is 43.4. The standard InChI is InChI=1S/C8H20N2.2C8H9NO5/c1-7(2)9-5-6-10-8(3)4;2*10-2-1-4-7(8(12)13)9-5(11)3-6(9)14-4/h7-10H,5-6H2,1-4H3;2*1,6-7,10H,2-3H2,(H,12,13). The lowest BCUT2D eigenvalue weighted by Gasteiger charge is -2.35. The SMILES string of the molecule is CC(C)[NH2+]CC[NH2+]C(C)C.O=C([O-])C1C(=CCO)OC2CC(=O)N21.O=C([O-])C1C(=CCO)OC2CC(=O)N21. The molecule has 38 heavy (non-hydrogen) atoms. The van der Waals surface area contributed by atoms with Crippen LogP contribution in [0, 0.1) is 0 Å². The molecule has 4 heterocycles. The van der Waals surface area contributed by atoms with Gasteiger partial charge in [0.05, 0.1) is 50.1 Å². The number of fused-ring (bicyclic) bond motifs is 2. The van der Waals surface area contributed by atoms with E-state index in [1.807, 2.05) is 0 Å². The molecule has 0 spiro atoms. The Morgan fingerprint density at radius 1 is 0.842 bits per heavy atom. The van der Waals surface area contributed by atoms with Crippen LogP contribution >= 0.6 is 0 Å². The molecule has 0 bridgehead atoms. The van der Waals surface area contributed by atoms with E-state index >= 15 is 0 Å². The number of aliphatic hydroxyl groups excluding tert-OH is 2. The molecule has 14 heteroatoms. The number of carbonyl (C=O) groups excluding carboxylic acids is 4. The minimum atomic E-state index is -1.39. The van der Waals surface area contributed by atoms with Gasteiger partial charge in [0.15, 0.2) is 12.5 Å². The Morgan fingerprint density at radius 3 is 1.42 bits per heavy atom. The van der Waals surface area contributed by atoms with Gasteiger partial charge in [-0.3, -0.25) is 19.4 Å². The van der Waals surface area contributed by atoms with Crippen molar-refractivity contribution in [2.24, 2.45) is 0 Å². The highest BCUT2D eigenvalue weighted by Gasteiger charge is 2.51. The van der Waals surface area contributed by atoms with Gasteiger partial charge in [0.2, 0.25) is 11.8 Å². The van der Waals surface area contributed by atoms with Crippen molar-refractivity contribution in [3.8, 4) is 0 Å². The summed E-state index contributed by atoms with van der Waals surface area (Å²) < 4.78 is 10.3. The number of carboxylic acid groups (broad SMARTS) is 2. The number of aliphatic hydroxyl groups is 2. The van der Waals surface area contributed by atoms with Crippen LogP contribution in [0.25, 0.3) is 0 Å². The van der Waals surface area contributed by atoms with E-state index in [9.17, 15) is 29.4 Å². The quantitative estimate of drug-likeness (QED) is 0.160. The second-order valence-corrected chi connectivity index (χ2v) is 9.71. The van der Waals surface area contributed by atoms with E-state index in [-0.39, 0.29) is 49.4 Å². The van der Waals surface area contributed by atoms with Crippen molar-refractivity contribution in [3.63, 3.8) is 0 Å². The molecule has 2 amide bonds. The number of nitrogens with two attached hydrogens (primary N) is 2. The number of rotatable bonds is 9. The minimum Gasteiger partial charge on any atom is -0.547 e. The summed E-state index contributed by atoms with van der Waals surface area (Å²) in [5.41, 5.74) is 0. The maximum absolute atomic E-state index is 11.0. The van der Waals surface area contributed by atoms with Crippen LogP contribution < -0.4 is 20.8 Å². The van der Waals surface area contributed by atoms with Crippen LogP contribution in [0.1, 0.15) is 40.5 Å². The van der Waals surface area contributed by atoms with E-state index in [0.29, 0.717) is 0 Å². The van der Waals surface area contributed by atoms with Crippen LogP contribution in [0.5, 0.6) is 0 Å². The largest absolute Gasteiger partial charge is 0.547 e. The van der Waals surface area contributed by atoms with Gasteiger partial charge in [-0.25, -0.2) is 0 Å². The number of amides is 2. The number of carboxylic acids is 2. The van der Waals surface area contributed by atoms with Crippen molar-refractivity contribution < 1.29 is 59.7 Å². The molecule has 6 N–H and O–H groups in total. The lowest BCUT2D eigenvalue weighted by Crippen LogP contribution is -2.98. The van der Waals surface area contributed by atoms with E-state index in [1.54, 1.807) is 0 Å². The molecule has 4 aliphatic heterocycles. The molecule has 0 aromatic rings. The number of carbonyl (C=O) groups is 4. The van der Waals surface area contributed by atoms with Crippen LogP contribution in [-0.2, 0) is 28.7 Å². The van der Waals surface area contributed by atoms with E-state index in [4.69, 9.17) is 19.7 Å². The fourth-order valence-electron chi connectivity index (χ4n) is 4.16. The third kappa shape index (κ3) is 7.66. The Bertz CT molecular complexity index is 861. The number of hydrogen-bond acceptors (Lipinski definition) is 10. The van der Waals surface area contributed by atoms with Gasteiger partial charge in [-0.2, -0.15) is 0 Å². The number of nitrogens with zero attached hydrogens (tertiary/aromatic N) is 2. The number of aliphatic carboxylic acids is 2. The van der Waals surface area contributed by atoms with Gasteiger partial charge >= 0.3 is 0 Å². The summed E-state index contributed by atoms with van der Waals surface area (Å²) in [5.74, 6) is -3.15. The van der Waals surface area contributed by atoms with Crippen molar-refractivity contribution >= 4 is 23.8 Å². The molecular formula is C24H38N4O10. The van der Waals surface area contributed by atoms with Crippen molar-refractivity contribution in [2.45, 2.75) is 77.2 Å². The van der Waals surface area contributed by atoms with E-state index in [2.05, 4.69) is 38.3 Å². The molecule has 4 aliphatic rings. The smallest absolute Gasteiger partial charge is 0.232 e. The maximum atomic E-state index is 11.0. The fourth-order valence-corrected chi connectivity index (χ4v) is 4.16. The van der Waals surface area contributed by atoms with Gasteiger partial charge in [-0.15, -0.1) is 0 Å². The first-order valence-corrected chi connectivity index (χ1v) is 12.6. The molecule has 0 saturated carbocycles. The van der Waals surface area contributed by atoms with Gasteiger partial charge in [-0.05, 0) is 39.8 Å².